The number of nitrogens with zero attached hydrogens (tertiary/aromatic N) is 3. The number of aliphatic carboxylic acids is 2. The molecule has 0 amide bonds. The van der Waals surface area contributed by atoms with Crippen LogP contribution in [0.4, 0.5) is 26.3 Å². The Morgan fingerprint density at radius 2 is 1.43 bits per heavy atom. The number of pyridine rings is 1. The summed E-state index contributed by atoms with van der Waals surface area (Å²) in [6.45, 7) is 0.450. The molecule has 2 aromatic heterocycles. The highest BCUT2D eigenvalue weighted by atomic mass is 19.4. The summed E-state index contributed by atoms with van der Waals surface area (Å²) in [5, 5.41) is 14.2. The Hall–Kier alpha value is -4.82. The number of para-hydroxylation sites is 2. The maximum atomic E-state index is 10.6. The van der Waals surface area contributed by atoms with Crippen LogP contribution in [0.1, 0.15) is 11.9 Å². The molecule has 0 fully saturated rings. The number of aryl methyl sites for hydroxylation is 1. The summed E-state index contributed by atoms with van der Waals surface area (Å²) in [7, 11) is 2.01. The van der Waals surface area contributed by atoms with Gasteiger partial charge in [0.2, 0.25) is 0 Å². The third-order valence-electron chi connectivity index (χ3n) is 5.21. The van der Waals surface area contributed by atoms with Crippen molar-refractivity contribution in [3.05, 3.63) is 72.8 Å². The number of hydrogen-bond acceptors (Lipinski definition) is 6. The summed E-state index contributed by atoms with van der Waals surface area (Å²) >= 11 is 0. The molecule has 212 valence electrons. The minimum Gasteiger partial charge on any atom is -0.485 e. The molecule has 0 spiro atoms. The van der Waals surface area contributed by atoms with Gasteiger partial charge in [-0.05, 0) is 47.5 Å². The molecule has 40 heavy (non-hydrogen) atoms. The molecule has 4 aromatic rings. The van der Waals surface area contributed by atoms with E-state index >= 15 is 0 Å². The number of benzene rings is 2. The van der Waals surface area contributed by atoms with Gasteiger partial charge in [0.25, 0.3) is 0 Å². The standard InChI is InChI=1S/C21H17N3O2.2C2HF3O2/c1-24-17-7-6-15(14-8-10-22-11-9-14)12-16(17)23-21(24)20-13-25-18-4-2-3-5-19(18)26-20;2*3-2(4,5)1(6)7/h2-12,20H,13H2,1H3;2*(H,6,7). The quantitative estimate of drug-likeness (QED) is 0.306. The number of aromatic nitrogens is 3. The SMILES string of the molecule is Cn1c(C2COc3ccccc3O2)nc2cc(-c3ccncc3)ccc21.O=C(O)C(F)(F)F.O=C(O)C(F)(F)F. The number of rotatable bonds is 2. The van der Waals surface area contributed by atoms with Gasteiger partial charge < -0.3 is 24.3 Å². The first-order valence-electron chi connectivity index (χ1n) is 11.0. The molecule has 0 aliphatic carbocycles. The van der Waals surface area contributed by atoms with Crippen LogP contribution in [-0.2, 0) is 16.6 Å². The summed E-state index contributed by atoms with van der Waals surface area (Å²) in [5.74, 6) is -3.11. The van der Waals surface area contributed by atoms with E-state index in [1.54, 1.807) is 12.4 Å². The second-order valence-electron chi connectivity index (χ2n) is 7.94. The van der Waals surface area contributed by atoms with Crippen LogP contribution in [0.25, 0.3) is 22.2 Å². The third kappa shape index (κ3) is 7.39. The third-order valence-corrected chi connectivity index (χ3v) is 5.21. The first-order chi connectivity index (χ1) is 18.7. The van der Waals surface area contributed by atoms with Crippen molar-refractivity contribution < 1.29 is 55.6 Å². The van der Waals surface area contributed by atoms with Crippen LogP contribution in [0.3, 0.4) is 0 Å². The molecule has 1 aliphatic heterocycles. The van der Waals surface area contributed by atoms with Crippen molar-refractivity contribution in [2.24, 2.45) is 7.05 Å². The maximum Gasteiger partial charge on any atom is 0.490 e. The highest BCUT2D eigenvalue weighted by Crippen LogP contribution is 2.36. The molecule has 1 unspecified atom stereocenters. The lowest BCUT2D eigenvalue weighted by molar-refractivity contribution is -0.193. The molecule has 15 heteroatoms. The number of carboxylic acids is 2. The minimum atomic E-state index is -5.08. The second-order valence-corrected chi connectivity index (χ2v) is 7.94. The lowest BCUT2D eigenvalue weighted by Gasteiger charge is -2.25. The van der Waals surface area contributed by atoms with E-state index in [9.17, 15) is 26.3 Å². The lowest BCUT2D eigenvalue weighted by atomic mass is 10.1. The van der Waals surface area contributed by atoms with Crippen molar-refractivity contribution in [2.75, 3.05) is 6.61 Å². The van der Waals surface area contributed by atoms with Crippen molar-refractivity contribution in [3.63, 3.8) is 0 Å². The van der Waals surface area contributed by atoms with Crippen LogP contribution in [0, 0.1) is 0 Å². The molecule has 0 radical (unpaired) electrons. The van der Waals surface area contributed by atoms with Gasteiger partial charge in [0.1, 0.15) is 6.61 Å². The fourth-order valence-corrected chi connectivity index (χ4v) is 3.38. The van der Waals surface area contributed by atoms with E-state index in [1.165, 1.54) is 0 Å². The predicted octanol–water partition coefficient (Wildman–Crippen LogP) is 5.41. The Bertz CT molecular complexity index is 1460. The number of carboxylic acid groups (broad SMARTS) is 2. The highest BCUT2D eigenvalue weighted by Gasteiger charge is 2.38. The predicted molar refractivity (Wildman–Crippen MR) is 127 cm³/mol. The minimum absolute atomic E-state index is 0.230. The molecule has 1 atom stereocenters. The molecule has 1 aliphatic rings. The molecule has 2 N–H and O–H groups in total. The van der Waals surface area contributed by atoms with Crippen molar-refractivity contribution in [2.45, 2.75) is 18.5 Å². The molecule has 3 heterocycles. The van der Waals surface area contributed by atoms with E-state index in [-0.39, 0.29) is 6.10 Å². The van der Waals surface area contributed by atoms with E-state index < -0.39 is 24.3 Å². The molecule has 0 saturated heterocycles. The van der Waals surface area contributed by atoms with Crippen molar-refractivity contribution in [3.8, 4) is 22.6 Å². The molecular formula is C25H19F6N3O6. The number of ether oxygens (including phenoxy) is 2. The topological polar surface area (TPSA) is 124 Å². The van der Waals surface area contributed by atoms with Gasteiger partial charge in [0.05, 0.1) is 11.0 Å². The molecular weight excluding hydrogens is 552 g/mol. The Labute approximate surface area is 221 Å². The average Bonchev–Trinajstić information content (AvgIpc) is 3.24. The van der Waals surface area contributed by atoms with Crippen LogP contribution in [-0.4, -0.2) is 55.6 Å². The summed E-state index contributed by atoms with van der Waals surface area (Å²) in [6, 6.07) is 18.0. The number of hydrogen-bond donors (Lipinski definition) is 2. The Morgan fingerprint density at radius 3 is 1.98 bits per heavy atom. The van der Waals surface area contributed by atoms with Crippen molar-refractivity contribution in [1.82, 2.24) is 14.5 Å². The molecule has 9 nitrogen and oxygen atoms in total. The monoisotopic (exact) mass is 571 g/mol. The number of alkyl halides is 6. The first kappa shape index (κ1) is 29.7. The van der Waals surface area contributed by atoms with E-state index in [0.29, 0.717) is 6.61 Å². The van der Waals surface area contributed by atoms with Crippen LogP contribution in [0.5, 0.6) is 11.5 Å². The smallest absolute Gasteiger partial charge is 0.485 e. The summed E-state index contributed by atoms with van der Waals surface area (Å²) in [5.41, 5.74) is 4.26. The van der Waals surface area contributed by atoms with E-state index in [0.717, 1.165) is 39.5 Å². The van der Waals surface area contributed by atoms with Gasteiger partial charge in [-0.1, -0.05) is 18.2 Å². The van der Waals surface area contributed by atoms with Crippen molar-refractivity contribution >= 4 is 23.0 Å². The summed E-state index contributed by atoms with van der Waals surface area (Å²) < 4.78 is 77.5. The fraction of sp³-hybridized carbons (Fsp3) is 0.200. The van der Waals surface area contributed by atoms with Gasteiger partial charge in [-0.15, -0.1) is 0 Å². The molecule has 2 aromatic carbocycles. The van der Waals surface area contributed by atoms with Gasteiger partial charge in [-0.2, -0.15) is 26.3 Å². The van der Waals surface area contributed by atoms with Gasteiger partial charge in [0.15, 0.2) is 23.4 Å². The van der Waals surface area contributed by atoms with Crippen LogP contribution in [0.2, 0.25) is 0 Å². The van der Waals surface area contributed by atoms with E-state index in [4.69, 9.17) is 34.3 Å². The van der Waals surface area contributed by atoms with E-state index in [1.807, 2.05) is 43.4 Å². The normalized spacial score (nSPS) is 14.3. The number of halogens is 6. The van der Waals surface area contributed by atoms with Crippen molar-refractivity contribution in [1.29, 1.82) is 0 Å². The van der Waals surface area contributed by atoms with Gasteiger partial charge in [0, 0.05) is 19.4 Å². The number of imidazole rings is 1. The zero-order chi connectivity index (χ0) is 29.7. The Morgan fingerprint density at radius 1 is 0.875 bits per heavy atom. The van der Waals surface area contributed by atoms with Gasteiger partial charge >= 0.3 is 24.3 Å². The molecule has 5 rings (SSSR count). The second kappa shape index (κ2) is 11.9. The zero-order valence-electron chi connectivity index (χ0n) is 20.3. The van der Waals surface area contributed by atoms with Crippen LogP contribution < -0.4 is 9.47 Å². The van der Waals surface area contributed by atoms with Gasteiger partial charge in [-0.3, -0.25) is 4.98 Å². The molecule has 0 bridgehead atoms. The summed E-state index contributed by atoms with van der Waals surface area (Å²) in [4.78, 5) is 26.7. The fourth-order valence-electron chi connectivity index (χ4n) is 3.38. The first-order valence-corrected chi connectivity index (χ1v) is 11.0. The van der Waals surface area contributed by atoms with Crippen LogP contribution in [0.15, 0.2) is 67.0 Å². The Balaban J connectivity index is 0.000000263. The Kier molecular flexibility index (Phi) is 8.86. The largest absolute Gasteiger partial charge is 0.490 e. The van der Waals surface area contributed by atoms with Crippen LogP contribution >= 0.6 is 0 Å². The van der Waals surface area contributed by atoms with Gasteiger partial charge in [-0.25, -0.2) is 14.6 Å². The zero-order valence-corrected chi connectivity index (χ0v) is 20.3. The maximum absolute atomic E-state index is 10.6. The highest BCUT2D eigenvalue weighted by molar-refractivity contribution is 5.82. The number of fused-ring (bicyclic) bond motifs is 2. The summed E-state index contributed by atoms with van der Waals surface area (Å²) in [6.07, 6.45) is -6.80. The number of carbonyl (C=O) groups is 2. The van der Waals surface area contributed by atoms with E-state index in [2.05, 4.69) is 27.8 Å². The lowest BCUT2D eigenvalue weighted by Crippen LogP contribution is -2.24. The average molecular weight is 571 g/mol. The molecule has 0 saturated carbocycles.